The standard InChI is InChI=1S/C7H11FN2O/c8-3-1-4-9-6-7-2-5-11-10-7/h2,5,9H,1,3-4,6H2. The van der Waals surface area contributed by atoms with E-state index in [4.69, 9.17) is 0 Å². The molecule has 0 amide bonds. The van der Waals surface area contributed by atoms with Gasteiger partial charge in [-0.05, 0) is 13.0 Å². The first-order chi connectivity index (χ1) is 5.43. The Morgan fingerprint density at radius 2 is 2.55 bits per heavy atom. The summed E-state index contributed by atoms with van der Waals surface area (Å²) in [7, 11) is 0. The summed E-state index contributed by atoms with van der Waals surface area (Å²) < 4.78 is 16.2. The summed E-state index contributed by atoms with van der Waals surface area (Å²) in [4.78, 5) is 0. The highest BCUT2D eigenvalue weighted by molar-refractivity contribution is 4.93. The third-order valence-electron chi connectivity index (χ3n) is 1.28. The molecule has 1 heterocycles. The van der Waals surface area contributed by atoms with E-state index in [0.29, 0.717) is 19.5 Å². The molecule has 0 saturated heterocycles. The molecule has 0 bridgehead atoms. The van der Waals surface area contributed by atoms with Crippen LogP contribution in [0.25, 0.3) is 0 Å². The molecule has 1 aromatic heterocycles. The molecule has 0 aliphatic carbocycles. The van der Waals surface area contributed by atoms with Gasteiger partial charge in [-0.1, -0.05) is 5.16 Å². The third kappa shape index (κ3) is 3.13. The molecule has 0 aliphatic heterocycles. The quantitative estimate of drug-likeness (QED) is 0.652. The summed E-state index contributed by atoms with van der Waals surface area (Å²) in [6.07, 6.45) is 2.07. The molecule has 62 valence electrons. The number of nitrogens with zero attached hydrogens (tertiary/aromatic N) is 1. The zero-order valence-corrected chi connectivity index (χ0v) is 6.22. The zero-order chi connectivity index (χ0) is 7.94. The molecular formula is C7H11FN2O. The van der Waals surface area contributed by atoms with Gasteiger partial charge in [-0.25, -0.2) is 0 Å². The average molecular weight is 158 g/mol. The van der Waals surface area contributed by atoms with Gasteiger partial charge in [0, 0.05) is 12.6 Å². The van der Waals surface area contributed by atoms with Gasteiger partial charge >= 0.3 is 0 Å². The van der Waals surface area contributed by atoms with Crippen molar-refractivity contribution in [1.82, 2.24) is 10.5 Å². The molecule has 4 heteroatoms. The van der Waals surface area contributed by atoms with Gasteiger partial charge in [0.25, 0.3) is 0 Å². The topological polar surface area (TPSA) is 38.1 Å². The van der Waals surface area contributed by atoms with Gasteiger partial charge in [0.05, 0.1) is 12.4 Å². The van der Waals surface area contributed by atoms with Crippen LogP contribution in [-0.2, 0) is 6.54 Å². The highest BCUT2D eigenvalue weighted by atomic mass is 19.1. The predicted octanol–water partition coefficient (Wildman–Crippen LogP) is 1.12. The Balaban J connectivity index is 2.04. The second-order valence-electron chi connectivity index (χ2n) is 2.21. The van der Waals surface area contributed by atoms with Crippen LogP contribution in [0.3, 0.4) is 0 Å². The van der Waals surface area contributed by atoms with E-state index in [9.17, 15) is 4.39 Å². The normalized spacial score (nSPS) is 10.3. The molecule has 0 saturated carbocycles. The van der Waals surface area contributed by atoms with Crippen molar-refractivity contribution >= 4 is 0 Å². The van der Waals surface area contributed by atoms with Crippen molar-refractivity contribution in [1.29, 1.82) is 0 Å². The molecule has 11 heavy (non-hydrogen) atoms. The number of rotatable bonds is 5. The van der Waals surface area contributed by atoms with Crippen LogP contribution in [0, 0.1) is 0 Å². The number of alkyl halides is 1. The van der Waals surface area contributed by atoms with E-state index in [1.807, 2.05) is 0 Å². The molecule has 0 spiro atoms. The smallest absolute Gasteiger partial charge is 0.124 e. The SMILES string of the molecule is FCCCNCc1ccon1. The second kappa shape index (κ2) is 4.85. The van der Waals surface area contributed by atoms with Crippen LogP contribution in [0.5, 0.6) is 0 Å². The summed E-state index contributed by atoms with van der Waals surface area (Å²) in [6, 6.07) is 1.78. The Bertz CT molecular complexity index is 177. The molecule has 1 N–H and O–H groups in total. The van der Waals surface area contributed by atoms with Gasteiger partial charge in [-0.15, -0.1) is 0 Å². The van der Waals surface area contributed by atoms with Gasteiger partial charge in [0.1, 0.15) is 6.26 Å². The molecule has 0 aliphatic rings. The Morgan fingerprint density at radius 1 is 1.64 bits per heavy atom. The lowest BCUT2D eigenvalue weighted by atomic mass is 10.4. The minimum atomic E-state index is -0.272. The van der Waals surface area contributed by atoms with Crippen LogP contribution in [0.1, 0.15) is 12.1 Å². The summed E-state index contributed by atoms with van der Waals surface area (Å²) >= 11 is 0. The lowest BCUT2D eigenvalue weighted by Gasteiger charge is -1.97. The summed E-state index contributed by atoms with van der Waals surface area (Å²) in [5.41, 5.74) is 0.851. The van der Waals surface area contributed by atoms with Gasteiger partial charge < -0.3 is 9.84 Å². The number of hydrogen-bond acceptors (Lipinski definition) is 3. The van der Waals surface area contributed by atoms with Crippen molar-refractivity contribution in [3.63, 3.8) is 0 Å². The maximum absolute atomic E-state index is 11.6. The zero-order valence-electron chi connectivity index (χ0n) is 6.22. The Kier molecular flexibility index (Phi) is 3.61. The Labute approximate surface area is 64.6 Å². The van der Waals surface area contributed by atoms with E-state index < -0.39 is 0 Å². The van der Waals surface area contributed by atoms with E-state index in [2.05, 4.69) is 15.0 Å². The molecular weight excluding hydrogens is 147 g/mol. The maximum Gasteiger partial charge on any atom is 0.124 e. The highest BCUT2D eigenvalue weighted by Crippen LogP contribution is 1.92. The van der Waals surface area contributed by atoms with Crippen molar-refractivity contribution < 1.29 is 8.91 Å². The summed E-state index contributed by atoms with van der Waals surface area (Å²) in [5.74, 6) is 0. The third-order valence-corrected chi connectivity index (χ3v) is 1.28. The first-order valence-corrected chi connectivity index (χ1v) is 3.59. The van der Waals surface area contributed by atoms with E-state index in [1.165, 1.54) is 6.26 Å². The molecule has 0 aromatic carbocycles. The average Bonchev–Trinajstić information content (AvgIpc) is 2.50. The number of aromatic nitrogens is 1. The van der Waals surface area contributed by atoms with Gasteiger partial charge in [0.15, 0.2) is 0 Å². The monoisotopic (exact) mass is 158 g/mol. The molecule has 3 nitrogen and oxygen atoms in total. The van der Waals surface area contributed by atoms with Crippen LogP contribution in [0.15, 0.2) is 16.9 Å². The first kappa shape index (κ1) is 8.20. The molecule has 0 atom stereocenters. The Morgan fingerprint density at radius 3 is 3.18 bits per heavy atom. The summed E-state index contributed by atoms with van der Waals surface area (Å²) in [6.45, 7) is 1.06. The van der Waals surface area contributed by atoms with Crippen LogP contribution in [0.4, 0.5) is 4.39 Å². The van der Waals surface area contributed by atoms with Crippen molar-refractivity contribution in [3.8, 4) is 0 Å². The molecule has 1 rings (SSSR count). The molecule has 1 aromatic rings. The van der Waals surface area contributed by atoms with E-state index in [-0.39, 0.29) is 6.67 Å². The maximum atomic E-state index is 11.6. The number of halogens is 1. The largest absolute Gasteiger partial charge is 0.364 e. The van der Waals surface area contributed by atoms with Crippen LogP contribution in [-0.4, -0.2) is 18.4 Å². The molecule has 0 fully saturated rings. The second-order valence-corrected chi connectivity index (χ2v) is 2.21. The molecule has 0 radical (unpaired) electrons. The predicted molar refractivity (Wildman–Crippen MR) is 38.8 cm³/mol. The van der Waals surface area contributed by atoms with E-state index in [1.54, 1.807) is 6.07 Å². The van der Waals surface area contributed by atoms with Gasteiger partial charge in [-0.3, -0.25) is 4.39 Å². The van der Waals surface area contributed by atoms with Crippen molar-refractivity contribution in [2.45, 2.75) is 13.0 Å². The molecule has 0 unspecified atom stereocenters. The van der Waals surface area contributed by atoms with Crippen molar-refractivity contribution in [2.24, 2.45) is 0 Å². The lowest BCUT2D eigenvalue weighted by molar-refractivity contribution is 0.406. The van der Waals surface area contributed by atoms with E-state index >= 15 is 0 Å². The first-order valence-electron chi connectivity index (χ1n) is 3.59. The number of hydrogen-bond donors (Lipinski definition) is 1. The minimum absolute atomic E-state index is 0.272. The highest BCUT2D eigenvalue weighted by Gasteiger charge is 1.93. The summed E-state index contributed by atoms with van der Waals surface area (Å²) in [5, 5.41) is 6.71. The van der Waals surface area contributed by atoms with Crippen LogP contribution < -0.4 is 5.32 Å². The van der Waals surface area contributed by atoms with Crippen LogP contribution >= 0.6 is 0 Å². The fraction of sp³-hybridized carbons (Fsp3) is 0.571. The fourth-order valence-corrected chi connectivity index (χ4v) is 0.737. The van der Waals surface area contributed by atoms with Gasteiger partial charge in [-0.2, -0.15) is 0 Å². The van der Waals surface area contributed by atoms with Gasteiger partial charge in [0.2, 0.25) is 0 Å². The van der Waals surface area contributed by atoms with E-state index in [0.717, 1.165) is 5.69 Å². The number of nitrogens with one attached hydrogen (secondary N) is 1. The Hall–Kier alpha value is -0.900. The lowest BCUT2D eigenvalue weighted by Crippen LogP contribution is -2.15. The van der Waals surface area contributed by atoms with Crippen LogP contribution in [0.2, 0.25) is 0 Å². The fourth-order valence-electron chi connectivity index (χ4n) is 0.737. The minimum Gasteiger partial charge on any atom is -0.364 e. The van der Waals surface area contributed by atoms with Crippen molar-refractivity contribution in [2.75, 3.05) is 13.2 Å². The van der Waals surface area contributed by atoms with Crippen molar-refractivity contribution in [3.05, 3.63) is 18.0 Å².